The maximum Gasteiger partial charge on any atom is 0.243 e. The first-order chi connectivity index (χ1) is 13.1. The van der Waals surface area contributed by atoms with Gasteiger partial charge in [0.2, 0.25) is 11.8 Å². The highest BCUT2D eigenvalue weighted by atomic mass is 16.2. The van der Waals surface area contributed by atoms with E-state index in [4.69, 9.17) is 4.98 Å². The molecule has 0 radical (unpaired) electrons. The Morgan fingerprint density at radius 1 is 1.22 bits per heavy atom. The number of benzene rings is 1. The molecule has 2 aromatic rings. The van der Waals surface area contributed by atoms with Crippen LogP contribution in [-0.2, 0) is 22.6 Å². The Balaban J connectivity index is 2.17. The summed E-state index contributed by atoms with van der Waals surface area (Å²) in [6.07, 6.45) is 5.37. The van der Waals surface area contributed by atoms with Crippen LogP contribution in [0.2, 0.25) is 0 Å². The van der Waals surface area contributed by atoms with E-state index in [-0.39, 0.29) is 18.4 Å². The van der Waals surface area contributed by atoms with E-state index in [0.717, 1.165) is 23.3 Å². The molecule has 27 heavy (non-hydrogen) atoms. The number of carbonyl (C=O) groups is 2. The van der Waals surface area contributed by atoms with Gasteiger partial charge in [-0.3, -0.25) is 9.59 Å². The fourth-order valence-electron chi connectivity index (χ4n) is 2.92. The van der Waals surface area contributed by atoms with Crippen molar-refractivity contribution in [3.8, 4) is 0 Å². The number of hydrogen-bond donors (Lipinski definition) is 1. The monoisotopic (exact) mass is 368 g/mol. The molecule has 1 heterocycles. The van der Waals surface area contributed by atoms with Crippen LogP contribution in [0.1, 0.15) is 25.6 Å². The van der Waals surface area contributed by atoms with Crippen molar-refractivity contribution in [1.82, 2.24) is 19.8 Å². The van der Waals surface area contributed by atoms with Crippen LogP contribution < -0.4 is 5.32 Å². The summed E-state index contributed by atoms with van der Waals surface area (Å²) in [5, 5.41) is 2.87. The summed E-state index contributed by atoms with van der Waals surface area (Å²) in [5.74, 6) is 0.897. The predicted molar refractivity (Wildman–Crippen MR) is 108 cm³/mol. The largest absolute Gasteiger partial charge is 0.356 e. The third-order valence-electron chi connectivity index (χ3n) is 4.30. The van der Waals surface area contributed by atoms with E-state index in [0.29, 0.717) is 32.5 Å². The first-order valence-electron chi connectivity index (χ1n) is 9.31. The Hall–Kier alpha value is -2.89. The topological polar surface area (TPSA) is 67.2 Å². The van der Waals surface area contributed by atoms with Crippen LogP contribution in [0.15, 0.2) is 49.6 Å². The summed E-state index contributed by atoms with van der Waals surface area (Å²) in [4.78, 5) is 30.5. The van der Waals surface area contributed by atoms with Crippen molar-refractivity contribution in [2.24, 2.45) is 0 Å². The van der Waals surface area contributed by atoms with Crippen molar-refractivity contribution < 1.29 is 9.59 Å². The Labute approximate surface area is 160 Å². The second-order valence-electron chi connectivity index (χ2n) is 6.29. The number of nitrogens with zero attached hydrogens (tertiary/aromatic N) is 3. The zero-order chi connectivity index (χ0) is 19.6. The molecule has 2 amide bonds. The summed E-state index contributed by atoms with van der Waals surface area (Å²) in [7, 11) is 0. The summed E-state index contributed by atoms with van der Waals surface area (Å²) >= 11 is 0. The number of fused-ring (bicyclic) bond motifs is 1. The van der Waals surface area contributed by atoms with Crippen molar-refractivity contribution in [3.05, 3.63) is 55.4 Å². The van der Waals surface area contributed by atoms with Gasteiger partial charge in [0, 0.05) is 32.5 Å². The smallest absolute Gasteiger partial charge is 0.243 e. The second kappa shape index (κ2) is 10.3. The first kappa shape index (κ1) is 20.4. The molecular weight excluding hydrogens is 340 g/mol. The van der Waals surface area contributed by atoms with Gasteiger partial charge in [-0.1, -0.05) is 31.2 Å². The number of nitrogens with one attached hydrogen (secondary N) is 1. The average Bonchev–Trinajstić information content (AvgIpc) is 3.02. The van der Waals surface area contributed by atoms with E-state index in [1.54, 1.807) is 17.1 Å². The first-order valence-corrected chi connectivity index (χ1v) is 9.31. The molecule has 0 aliphatic rings. The minimum Gasteiger partial charge on any atom is -0.356 e. The molecule has 1 aromatic carbocycles. The van der Waals surface area contributed by atoms with Gasteiger partial charge in [0.1, 0.15) is 12.4 Å². The van der Waals surface area contributed by atoms with Crippen LogP contribution >= 0.6 is 0 Å². The van der Waals surface area contributed by atoms with Gasteiger partial charge in [-0.05, 0) is 18.6 Å². The van der Waals surface area contributed by atoms with Crippen molar-refractivity contribution in [3.63, 3.8) is 0 Å². The molecule has 0 atom stereocenters. The molecule has 0 bridgehead atoms. The minimum absolute atomic E-state index is 0.00140. The fourth-order valence-corrected chi connectivity index (χ4v) is 2.92. The molecule has 6 heteroatoms. The van der Waals surface area contributed by atoms with Gasteiger partial charge < -0.3 is 14.8 Å². The molecule has 6 nitrogen and oxygen atoms in total. The molecule has 0 spiro atoms. The lowest BCUT2D eigenvalue weighted by atomic mass is 10.2. The van der Waals surface area contributed by atoms with E-state index in [1.807, 2.05) is 35.8 Å². The summed E-state index contributed by atoms with van der Waals surface area (Å²) in [5.41, 5.74) is 1.81. The number of rotatable bonds is 11. The highest BCUT2D eigenvalue weighted by molar-refractivity contribution is 5.81. The Bertz CT molecular complexity index is 800. The molecule has 144 valence electrons. The Kier molecular flexibility index (Phi) is 7.79. The van der Waals surface area contributed by atoms with Crippen molar-refractivity contribution in [2.75, 3.05) is 19.6 Å². The zero-order valence-electron chi connectivity index (χ0n) is 16.0. The zero-order valence-corrected chi connectivity index (χ0v) is 16.0. The summed E-state index contributed by atoms with van der Waals surface area (Å²) in [6.45, 7) is 11.1. The molecule has 0 saturated heterocycles. The Morgan fingerprint density at radius 2 is 1.93 bits per heavy atom. The lowest BCUT2D eigenvalue weighted by Gasteiger charge is -2.20. The molecule has 0 fully saturated rings. The SMILES string of the molecule is C=CCN(CC=C)C(=O)Cn1c(CCCNC(=O)CC)nc2ccccc21. The maximum absolute atomic E-state index is 12.8. The molecule has 0 unspecified atom stereocenters. The van der Waals surface area contributed by atoms with E-state index in [2.05, 4.69) is 18.5 Å². The normalized spacial score (nSPS) is 10.6. The molecule has 0 aliphatic carbocycles. The van der Waals surface area contributed by atoms with Crippen LogP contribution in [0.5, 0.6) is 0 Å². The number of aromatic nitrogens is 2. The van der Waals surface area contributed by atoms with Gasteiger partial charge in [0.25, 0.3) is 0 Å². The number of hydrogen-bond acceptors (Lipinski definition) is 3. The van der Waals surface area contributed by atoms with Crippen LogP contribution in [0, 0.1) is 0 Å². The number of aryl methyl sites for hydroxylation is 1. The quantitative estimate of drug-likeness (QED) is 0.490. The van der Waals surface area contributed by atoms with Gasteiger partial charge >= 0.3 is 0 Å². The minimum atomic E-state index is -0.00140. The van der Waals surface area contributed by atoms with Gasteiger partial charge in [-0.15, -0.1) is 13.2 Å². The third kappa shape index (κ3) is 5.54. The van der Waals surface area contributed by atoms with Gasteiger partial charge in [0.05, 0.1) is 11.0 Å². The lowest BCUT2D eigenvalue weighted by Crippen LogP contribution is -2.34. The van der Waals surface area contributed by atoms with Crippen LogP contribution in [0.25, 0.3) is 11.0 Å². The average molecular weight is 368 g/mol. The molecule has 0 aliphatic heterocycles. The molecule has 0 saturated carbocycles. The van der Waals surface area contributed by atoms with Crippen molar-refractivity contribution >= 4 is 22.8 Å². The van der Waals surface area contributed by atoms with Gasteiger partial charge in [-0.2, -0.15) is 0 Å². The fraction of sp³-hybridized carbons (Fsp3) is 0.381. The van der Waals surface area contributed by atoms with E-state index >= 15 is 0 Å². The van der Waals surface area contributed by atoms with E-state index in [9.17, 15) is 9.59 Å². The maximum atomic E-state index is 12.8. The number of amides is 2. The lowest BCUT2D eigenvalue weighted by molar-refractivity contribution is -0.130. The summed E-state index contributed by atoms with van der Waals surface area (Å²) < 4.78 is 1.97. The van der Waals surface area contributed by atoms with E-state index < -0.39 is 0 Å². The molecule has 1 aromatic heterocycles. The third-order valence-corrected chi connectivity index (χ3v) is 4.30. The molecular formula is C21H28N4O2. The standard InChI is InChI=1S/C21H28N4O2/c1-4-14-24(15-5-2)21(27)16-25-18-11-8-7-10-17(18)23-19(25)12-9-13-22-20(26)6-3/h4-5,7-8,10-11H,1-2,6,9,12-16H2,3H3,(H,22,26). The van der Waals surface area contributed by atoms with Crippen LogP contribution in [-0.4, -0.2) is 45.9 Å². The molecule has 1 N–H and O–H groups in total. The molecule has 2 rings (SSSR count). The van der Waals surface area contributed by atoms with Crippen molar-refractivity contribution in [2.45, 2.75) is 32.7 Å². The predicted octanol–water partition coefficient (Wildman–Crippen LogP) is 2.70. The number of para-hydroxylation sites is 2. The van der Waals surface area contributed by atoms with E-state index in [1.165, 1.54) is 0 Å². The number of carbonyl (C=O) groups excluding carboxylic acids is 2. The highest BCUT2D eigenvalue weighted by Gasteiger charge is 2.17. The number of imidazole rings is 1. The van der Waals surface area contributed by atoms with Crippen LogP contribution in [0.4, 0.5) is 0 Å². The van der Waals surface area contributed by atoms with Gasteiger partial charge in [0.15, 0.2) is 0 Å². The second-order valence-corrected chi connectivity index (χ2v) is 6.29. The van der Waals surface area contributed by atoms with Gasteiger partial charge in [-0.25, -0.2) is 4.98 Å². The highest BCUT2D eigenvalue weighted by Crippen LogP contribution is 2.17. The van der Waals surface area contributed by atoms with Crippen LogP contribution in [0.3, 0.4) is 0 Å². The summed E-state index contributed by atoms with van der Waals surface area (Å²) in [6, 6.07) is 7.81. The Morgan fingerprint density at radius 3 is 2.59 bits per heavy atom. The van der Waals surface area contributed by atoms with Crippen molar-refractivity contribution in [1.29, 1.82) is 0 Å².